The van der Waals surface area contributed by atoms with E-state index in [9.17, 15) is 29.4 Å². The molecule has 0 spiro atoms. The summed E-state index contributed by atoms with van der Waals surface area (Å²) in [5.41, 5.74) is 1.61. The van der Waals surface area contributed by atoms with Crippen LogP contribution in [0, 0.1) is 5.92 Å². The summed E-state index contributed by atoms with van der Waals surface area (Å²) in [6.07, 6.45) is 18.2. The molecule has 51 heavy (non-hydrogen) atoms. The minimum Gasteiger partial charge on any atom is -0.505 e. The average Bonchev–Trinajstić information content (AvgIpc) is 3.91. The van der Waals surface area contributed by atoms with Gasteiger partial charge in [-0.15, -0.1) is 11.8 Å². The SMILES string of the molecule is CO[C@H]1\C=C/C=C\C=C/C[C@H](OC(=O)C2(NC(=O)C3=CCCCC3)CC2)[C@H](C)[C@@H](O)/C(C)=C\CCc2c(O)c(cc3c2SCC(=O)N3)NC(=O)C1. The van der Waals surface area contributed by atoms with Gasteiger partial charge in [-0.25, -0.2) is 4.79 Å². The first-order chi connectivity index (χ1) is 24.5. The van der Waals surface area contributed by atoms with Crippen molar-refractivity contribution in [2.24, 2.45) is 5.92 Å². The van der Waals surface area contributed by atoms with E-state index < -0.39 is 35.7 Å². The van der Waals surface area contributed by atoms with Gasteiger partial charge in [0.15, 0.2) is 0 Å². The summed E-state index contributed by atoms with van der Waals surface area (Å²) in [6.45, 7) is 3.65. The number of aliphatic hydroxyl groups is 1. The second-order valence-corrected chi connectivity index (χ2v) is 14.7. The second kappa shape index (κ2) is 17.4. The van der Waals surface area contributed by atoms with Crippen LogP contribution in [0.3, 0.4) is 0 Å². The molecular weight excluding hydrogens is 671 g/mol. The van der Waals surface area contributed by atoms with E-state index in [-0.39, 0.29) is 41.3 Å². The molecule has 5 N–H and O–H groups in total. The highest BCUT2D eigenvalue weighted by Gasteiger charge is 2.54. The number of phenols is 1. The topological polar surface area (TPSA) is 163 Å². The molecule has 2 aliphatic carbocycles. The number of ether oxygens (including phenoxy) is 2. The molecule has 2 heterocycles. The van der Waals surface area contributed by atoms with Crippen molar-refractivity contribution in [3.8, 4) is 5.75 Å². The van der Waals surface area contributed by atoms with Gasteiger partial charge in [-0.3, -0.25) is 14.4 Å². The number of benzene rings is 1. The minimum absolute atomic E-state index is 0.00600. The molecule has 2 aliphatic heterocycles. The van der Waals surface area contributed by atoms with Crippen molar-refractivity contribution >= 4 is 46.8 Å². The highest BCUT2D eigenvalue weighted by Crippen LogP contribution is 2.44. The normalized spacial score (nSPS) is 28.5. The lowest BCUT2D eigenvalue weighted by atomic mass is 9.90. The van der Waals surface area contributed by atoms with Gasteiger partial charge in [0.05, 0.1) is 35.8 Å². The molecule has 0 saturated heterocycles. The molecule has 3 amide bonds. The highest BCUT2D eigenvalue weighted by atomic mass is 32.2. The molecule has 0 unspecified atom stereocenters. The second-order valence-electron chi connectivity index (χ2n) is 13.7. The Bertz CT molecular complexity index is 1660. The number of esters is 1. The maximum Gasteiger partial charge on any atom is 0.332 e. The summed E-state index contributed by atoms with van der Waals surface area (Å²) >= 11 is 1.32. The van der Waals surface area contributed by atoms with Crippen LogP contribution in [0.4, 0.5) is 11.4 Å². The Morgan fingerprint density at radius 3 is 2.49 bits per heavy atom. The summed E-state index contributed by atoms with van der Waals surface area (Å²) in [6, 6.07) is 1.57. The Labute approximate surface area is 303 Å². The van der Waals surface area contributed by atoms with Gasteiger partial charge in [0.1, 0.15) is 17.4 Å². The Morgan fingerprint density at radius 1 is 1.00 bits per heavy atom. The van der Waals surface area contributed by atoms with Gasteiger partial charge in [0.25, 0.3) is 0 Å². The number of carbonyl (C=O) groups is 4. The molecule has 5 rings (SSSR count). The molecule has 274 valence electrons. The third-order valence-corrected chi connectivity index (χ3v) is 11.0. The lowest BCUT2D eigenvalue weighted by Crippen LogP contribution is -2.47. The van der Waals surface area contributed by atoms with Gasteiger partial charge in [-0.1, -0.05) is 55.5 Å². The maximum absolute atomic E-state index is 13.6. The molecule has 1 fully saturated rings. The highest BCUT2D eigenvalue weighted by molar-refractivity contribution is 8.00. The zero-order valence-electron chi connectivity index (χ0n) is 29.5. The van der Waals surface area contributed by atoms with Crippen LogP contribution in [0.2, 0.25) is 0 Å². The standard InChI is InChI=1S/C39H49N3O8S/c1-24-13-12-17-28-35(46)29(22-30-36(28)51-23-33(44)41-30)40-32(43)21-27(49-3)16-10-5-4-6-11-18-31(25(2)34(24)45)50-38(48)39(19-20-39)42-37(47)26-14-8-7-9-15-26/h4-6,10-11,13-14,16,22,25,27,31,34,45-46H,7-9,12,15,17-21,23H2,1-3H3,(H,40,43)(H,41,44)(H,42,47)/b5-4-,11-6-,16-10-,24-13-/t25-,27-,31-,34-/m0/s1. The summed E-state index contributed by atoms with van der Waals surface area (Å²) in [5.74, 6) is -1.63. The van der Waals surface area contributed by atoms with E-state index >= 15 is 0 Å². The van der Waals surface area contributed by atoms with E-state index in [0.29, 0.717) is 55.3 Å². The third kappa shape index (κ3) is 9.81. The number of hydrogen-bond donors (Lipinski definition) is 5. The van der Waals surface area contributed by atoms with Gasteiger partial charge in [-0.05, 0) is 69.9 Å². The van der Waals surface area contributed by atoms with Crippen molar-refractivity contribution in [2.75, 3.05) is 23.5 Å². The fraction of sp³-hybridized carbons (Fsp3) is 0.487. The van der Waals surface area contributed by atoms with E-state index in [4.69, 9.17) is 9.47 Å². The summed E-state index contributed by atoms with van der Waals surface area (Å²) < 4.78 is 11.6. The lowest BCUT2D eigenvalue weighted by molar-refractivity contribution is -0.158. The summed E-state index contributed by atoms with van der Waals surface area (Å²) in [5, 5.41) is 31.4. The monoisotopic (exact) mass is 719 g/mol. The van der Waals surface area contributed by atoms with Crippen LogP contribution >= 0.6 is 11.8 Å². The molecule has 1 aromatic rings. The maximum atomic E-state index is 13.6. The number of nitrogens with one attached hydrogen (secondary N) is 3. The van der Waals surface area contributed by atoms with Crippen LogP contribution in [0.25, 0.3) is 0 Å². The molecule has 2 bridgehead atoms. The van der Waals surface area contributed by atoms with Gasteiger partial charge >= 0.3 is 5.97 Å². The van der Waals surface area contributed by atoms with Crippen molar-refractivity contribution in [1.29, 1.82) is 0 Å². The number of allylic oxidation sites excluding steroid dienone is 6. The molecule has 0 radical (unpaired) electrons. The van der Waals surface area contributed by atoms with E-state index in [1.807, 2.05) is 38.2 Å². The largest absolute Gasteiger partial charge is 0.505 e. The van der Waals surface area contributed by atoms with Crippen molar-refractivity contribution in [1.82, 2.24) is 5.32 Å². The molecule has 0 aromatic heterocycles. The van der Waals surface area contributed by atoms with Crippen LogP contribution in [0.15, 0.2) is 70.7 Å². The number of phenolic OH excluding ortho intramolecular Hbond substituents is 1. The van der Waals surface area contributed by atoms with E-state index in [1.54, 1.807) is 30.4 Å². The number of aromatic hydroxyl groups is 1. The van der Waals surface area contributed by atoms with Crippen molar-refractivity contribution < 1.29 is 38.9 Å². The van der Waals surface area contributed by atoms with Crippen LogP contribution in [-0.2, 0) is 35.1 Å². The number of methoxy groups -OCH3 is 1. The number of rotatable bonds is 5. The number of hydrogen-bond acceptors (Lipinski definition) is 9. The first kappa shape index (κ1) is 38.1. The number of anilines is 2. The van der Waals surface area contributed by atoms with Crippen molar-refractivity contribution in [3.63, 3.8) is 0 Å². The Morgan fingerprint density at radius 2 is 1.76 bits per heavy atom. The van der Waals surface area contributed by atoms with Crippen molar-refractivity contribution in [3.05, 3.63) is 71.4 Å². The summed E-state index contributed by atoms with van der Waals surface area (Å²) in [4.78, 5) is 52.6. The van der Waals surface area contributed by atoms with E-state index in [1.165, 1.54) is 18.9 Å². The summed E-state index contributed by atoms with van der Waals surface area (Å²) in [7, 11) is 1.51. The van der Waals surface area contributed by atoms with Gasteiger partial charge in [-0.2, -0.15) is 0 Å². The van der Waals surface area contributed by atoms with E-state index in [0.717, 1.165) is 29.7 Å². The smallest absolute Gasteiger partial charge is 0.332 e. The number of aliphatic hydroxyl groups excluding tert-OH is 1. The zero-order valence-corrected chi connectivity index (χ0v) is 30.4. The van der Waals surface area contributed by atoms with Crippen LogP contribution in [-0.4, -0.2) is 70.6 Å². The third-order valence-electron chi connectivity index (χ3n) is 9.84. The number of amides is 3. The Hall–Kier alpha value is -4.13. The Balaban J connectivity index is 1.39. The first-order valence-electron chi connectivity index (χ1n) is 17.7. The molecule has 4 atom stereocenters. The van der Waals surface area contributed by atoms with Gasteiger partial charge in [0.2, 0.25) is 17.7 Å². The molecule has 1 saturated carbocycles. The number of thioether (sulfide) groups is 1. The van der Waals surface area contributed by atoms with Gasteiger partial charge < -0.3 is 35.6 Å². The minimum atomic E-state index is -1.05. The fourth-order valence-corrected chi connectivity index (χ4v) is 7.48. The fourth-order valence-electron chi connectivity index (χ4n) is 6.49. The molecular formula is C39H49N3O8S. The van der Waals surface area contributed by atoms with E-state index in [2.05, 4.69) is 16.0 Å². The molecule has 1 aromatic carbocycles. The zero-order chi connectivity index (χ0) is 36.5. The molecule has 12 heteroatoms. The number of fused-ring (bicyclic) bond motifs is 4. The molecule has 11 nitrogen and oxygen atoms in total. The quantitative estimate of drug-likeness (QED) is 0.110. The molecule has 4 aliphatic rings. The number of carbonyl (C=O) groups excluding carboxylic acids is 4. The van der Waals surface area contributed by atoms with Crippen molar-refractivity contribution in [2.45, 2.75) is 107 Å². The predicted molar refractivity (Wildman–Crippen MR) is 197 cm³/mol. The Kier molecular flexibility index (Phi) is 13.0. The van der Waals surface area contributed by atoms with Crippen LogP contribution < -0.4 is 16.0 Å². The first-order valence-corrected chi connectivity index (χ1v) is 18.7. The average molecular weight is 720 g/mol. The predicted octanol–water partition coefficient (Wildman–Crippen LogP) is 5.79. The lowest BCUT2D eigenvalue weighted by Gasteiger charge is -2.30. The van der Waals surface area contributed by atoms with Gasteiger partial charge in [0, 0.05) is 35.5 Å². The van der Waals surface area contributed by atoms with Crippen LogP contribution in [0.1, 0.15) is 77.2 Å². The van der Waals surface area contributed by atoms with Crippen LogP contribution in [0.5, 0.6) is 5.75 Å².